The fourth-order valence-corrected chi connectivity index (χ4v) is 2.27. The zero-order valence-corrected chi connectivity index (χ0v) is 11.0. The van der Waals surface area contributed by atoms with Gasteiger partial charge in [-0.3, -0.25) is 9.59 Å². The van der Waals surface area contributed by atoms with E-state index in [9.17, 15) is 14.4 Å². The number of benzene rings is 1. The summed E-state index contributed by atoms with van der Waals surface area (Å²) in [5, 5.41) is 4.89. The maximum atomic E-state index is 11.7. The van der Waals surface area contributed by atoms with Crippen LogP contribution in [0.4, 0.5) is 10.5 Å². The molecule has 0 aromatic heterocycles. The summed E-state index contributed by atoms with van der Waals surface area (Å²) in [6, 6.07) is 5.81. The van der Waals surface area contributed by atoms with Crippen LogP contribution in [0.25, 0.3) is 0 Å². The highest BCUT2D eigenvalue weighted by Gasteiger charge is 2.29. The van der Waals surface area contributed by atoms with Gasteiger partial charge in [0.1, 0.15) is 11.8 Å². The van der Waals surface area contributed by atoms with Crippen molar-refractivity contribution in [1.82, 2.24) is 5.32 Å². The van der Waals surface area contributed by atoms with E-state index in [1.807, 2.05) is 0 Å². The van der Waals surface area contributed by atoms with E-state index >= 15 is 0 Å². The molecule has 1 atom stereocenters. The van der Waals surface area contributed by atoms with Crippen LogP contribution in [0.5, 0.6) is 5.75 Å². The van der Waals surface area contributed by atoms with Crippen molar-refractivity contribution in [1.29, 1.82) is 0 Å². The van der Waals surface area contributed by atoms with Crippen molar-refractivity contribution in [2.75, 3.05) is 11.1 Å². The molecule has 1 saturated heterocycles. The highest BCUT2D eigenvalue weighted by molar-refractivity contribution is 8.14. The molecule has 1 aromatic carbocycles. The molecule has 19 heavy (non-hydrogen) atoms. The first-order valence-electron chi connectivity index (χ1n) is 5.57. The summed E-state index contributed by atoms with van der Waals surface area (Å²) in [7, 11) is 0. The zero-order chi connectivity index (χ0) is 13.8. The molecule has 0 spiro atoms. The van der Waals surface area contributed by atoms with Crippen LogP contribution in [0.15, 0.2) is 24.3 Å². The Labute approximate surface area is 113 Å². The molecule has 0 saturated carbocycles. The van der Waals surface area contributed by atoms with Gasteiger partial charge >= 0.3 is 5.97 Å². The van der Waals surface area contributed by atoms with Gasteiger partial charge in [-0.25, -0.2) is 4.79 Å². The number of ether oxygens (including phenoxy) is 1. The van der Waals surface area contributed by atoms with Crippen LogP contribution in [-0.4, -0.2) is 28.9 Å². The Morgan fingerprint density at radius 1 is 1.37 bits per heavy atom. The lowest BCUT2D eigenvalue weighted by Crippen LogP contribution is -2.37. The Bertz CT molecular complexity index is 515. The van der Waals surface area contributed by atoms with Gasteiger partial charge in [0.25, 0.3) is 5.24 Å². The SMILES string of the molecule is CC(=O)Nc1ccc(OC(=O)C2CSC(=O)N2)cc1. The van der Waals surface area contributed by atoms with E-state index in [-0.39, 0.29) is 11.1 Å². The van der Waals surface area contributed by atoms with Gasteiger partial charge in [0.15, 0.2) is 0 Å². The molecule has 1 aliphatic heterocycles. The highest BCUT2D eigenvalue weighted by atomic mass is 32.2. The number of carbonyl (C=O) groups is 3. The predicted octanol–water partition coefficient (Wildman–Crippen LogP) is 1.38. The Morgan fingerprint density at radius 3 is 2.58 bits per heavy atom. The third kappa shape index (κ3) is 3.72. The van der Waals surface area contributed by atoms with Crippen LogP contribution in [-0.2, 0) is 9.59 Å². The zero-order valence-electron chi connectivity index (χ0n) is 10.1. The van der Waals surface area contributed by atoms with E-state index in [0.717, 1.165) is 11.8 Å². The lowest BCUT2D eigenvalue weighted by molar-refractivity contribution is -0.135. The number of rotatable bonds is 3. The molecule has 0 bridgehead atoms. The smallest absolute Gasteiger partial charge is 0.334 e. The molecule has 2 rings (SSSR count). The normalized spacial score (nSPS) is 17.7. The van der Waals surface area contributed by atoms with E-state index in [1.165, 1.54) is 6.92 Å². The lowest BCUT2D eigenvalue weighted by Gasteiger charge is -2.09. The van der Waals surface area contributed by atoms with Crippen molar-refractivity contribution in [3.05, 3.63) is 24.3 Å². The summed E-state index contributed by atoms with van der Waals surface area (Å²) in [6.07, 6.45) is 0. The molecule has 1 fully saturated rings. The number of amides is 2. The van der Waals surface area contributed by atoms with E-state index in [4.69, 9.17) is 4.74 Å². The number of esters is 1. The second-order valence-corrected chi connectivity index (χ2v) is 4.91. The molecule has 1 aromatic rings. The maximum Gasteiger partial charge on any atom is 0.334 e. The van der Waals surface area contributed by atoms with Gasteiger partial charge in [-0.15, -0.1) is 0 Å². The molecule has 6 nitrogen and oxygen atoms in total. The Balaban J connectivity index is 1.94. The average molecular weight is 280 g/mol. The predicted molar refractivity (Wildman–Crippen MR) is 71.2 cm³/mol. The molecule has 100 valence electrons. The van der Waals surface area contributed by atoms with Gasteiger partial charge in [0.2, 0.25) is 5.91 Å². The maximum absolute atomic E-state index is 11.7. The van der Waals surface area contributed by atoms with Gasteiger partial charge in [0, 0.05) is 18.4 Å². The van der Waals surface area contributed by atoms with E-state index in [2.05, 4.69) is 10.6 Å². The summed E-state index contributed by atoms with van der Waals surface area (Å²) in [5.74, 6) is 0.0769. The second-order valence-electron chi connectivity index (χ2n) is 3.92. The monoisotopic (exact) mass is 280 g/mol. The minimum Gasteiger partial charge on any atom is -0.425 e. The first-order valence-corrected chi connectivity index (χ1v) is 6.56. The van der Waals surface area contributed by atoms with E-state index in [0.29, 0.717) is 17.2 Å². The Hall–Kier alpha value is -2.02. The molecule has 7 heteroatoms. The van der Waals surface area contributed by atoms with Gasteiger partial charge in [-0.1, -0.05) is 11.8 Å². The second kappa shape index (κ2) is 5.75. The quantitative estimate of drug-likeness (QED) is 0.645. The standard InChI is InChI=1S/C12H12N2O4S/c1-7(15)13-8-2-4-9(5-3-8)18-11(16)10-6-19-12(17)14-10/h2-5,10H,6H2,1H3,(H,13,15)(H,14,17). The molecule has 0 aliphatic carbocycles. The molecule has 1 heterocycles. The molecule has 1 unspecified atom stereocenters. The molecular weight excluding hydrogens is 268 g/mol. The first kappa shape index (κ1) is 13.4. The van der Waals surface area contributed by atoms with Crippen LogP contribution in [0.3, 0.4) is 0 Å². The Morgan fingerprint density at radius 2 is 2.05 bits per heavy atom. The van der Waals surface area contributed by atoms with Gasteiger partial charge in [0.05, 0.1) is 0 Å². The highest BCUT2D eigenvalue weighted by Crippen LogP contribution is 2.18. The van der Waals surface area contributed by atoms with Crippen LogP contribution < -0.4 is 15.4 Å². The summed E-state index contributed by atoms with van der Waals surface area (Å²) >= 11 is 1.06. The number of nitrogens with one attached hydrogen (secondary N) is 2. The van der Waals surface area contributed by atoms with Gasteiger partial charge in [-0.05, 0) is 24.3 Å². The third-order valence-corrected chi connectivity index (χ3v) is 3.23. The Kier molecular flexibility index (Phi) is 4.06. The molecule has 0 radical (unpaired) electrons. The number of anilines is 1. The van der Waals surface area contributed by atoms with Gasteiger partial charge in [-0.2, -0.15) is 0 Å². The van der Waals surface area contributed by atoms with Crippen LogP contribution in [0, 0.1) is 0 Å². The van der Waals surface area contributed by atoms with E-state index in [1.54, 1.807) is 24.3 Å². The molecule has 2 N–H and O–H groups in total. The van der Waals surface area contributed by atoms with Crippen LogP contribution in [0.1, 0.15) is 6.92 Å². The van der Waals surface area contributed by atoms with Crippen LogP contribution in [0.2, 0.25) is 0 Å². The van der Waals surface area contributed by atoms with Crippen molar-refractivity contribution < 1.29 is 19.1 Å². The van der Waals surface area contributed by atoms with Crippen LogP contribution >= 0.6 is 11.8 Å². The summed E-state index contributed by atoms with van der Waals surface area (Å²) in [4.78, 5) is 33.5. The van der Waals surface area contributed by atoms with Crippen molar-refractivity contribution in [2.24, 2.45) is 0 Å². The topological polar surface area (TPSA) is 84.5 Å². The average Bonchev–Trinajstić information content (AvgIpc) is 2.78. The molecular formula is C12H12N2O4S. The summed E-state index contributed by atoms with van der Waals surface area (Å²) in [5.41, 5.74) is 0.622. The van der Waals surface area contributed by atoms with Gasteiger partial charge < -0.3 is 15.4 Å². The fraction of sp³-hybridized carbons (Fsp3) is 0.250. The lowest BCUT2D eigenvalue weighted by atomic mass is 10.3. The third-order valence-electron chi connectivity index (χ3n) is 2.35. The number of hydrogen-bond acceptors (Lipinski definition) is 5. The molecule has 1 aliphatic rings. The summed E-state index contributed by atoms with van der Waals surface area (Å²) in [6.45, 7) is 1.41. The number of thioether (sulfide) groups is 1. The van der Waals surface area contributed by atoms with E-state index < -0.39 is 12.0 Å². The number of carbonyl (C=O) groups excluding carboxylic acids is 3. The van der Waals surface area contributed by atoms with Crippen molar-refractivity contribution in [3.63, 3.8) is 0 Å². The van der Waals surface area contributed by atoms with Crippen molar-refractivity contribution >= 4 is 34.6 Å². The van der Waals surface area contributed by atoms with Crippen molar-refractivity contribution in [2.45, 2.75) is 13.0 Å². The fourth-order valence-electron chi connectivity index (χ4n) is 1.51. The van der Waals surface area contributed by atoms with Crippen molar-refractivity contribution in [3.8, 4) is 5.75 Å². The number of hydrogen-bond donors (Lipinski definition) is 2. The minimum atomic E-state index is -0.604. The largest absolute Gasteiger partial charge is 0.425 e. The summed E-state index contributed by atoms with van der Waals surface area (Å²) < 4.78 is 5.13. The minimum absolute atomic E-state index is 0.171. The molecule has 2 amide bonds. The first-order chi connectivity index (χ1) is 9.04.